The van der Waals surface area contributed by atoms with Crippen LogP contribution in [0, 0.1) is 0 Å². The van der Waals surface area contributed by atoms with Crippen molar-refractivity contribution in [1.29, 1.82) is 0 Å². The fourth-order valence-electron chi connectivity index (χ4n) is 2.88. The highest BCUT2D eigenvalue weighted by molar-refractivity contribution is 5.91. The van der Waals surface area contributed by atoms with Gasteiger partial charge in [0.2, 0.25) is 11.8 Å². The zero-order chi connectivity index (χ0) is 19.3. The number of likely N-dealkylation sites (N-methyl/N-ethyl adjacent to an activating group) is 1. The summed E-state index contributed by atoms with van der Waals surface area (Å²) in [5, 5.41) is 5.82. The van der Waals surface area contributed by atoms with Crippen molar-refractivity contribution in [3.8, 4) is 0 Å². The summed E-state index contributed by atoms with van der Waals surface area (Å²) in [7, 11) is 3.42. The van der Waals surface area contributed by atoms with Gasteiger partial charge in [-0.2, -0.15) is 0 Å². The largest absolute Gasteiger partial charge is 0.352 e. The smallest absolute Gasteiger partial charge is 0.322 e. The Labute approximate surface area is 154 Å². The van der Waals surface area contributed by atoms with Crippen molar-refractivity contribution in [3.05, 3.63) is 29.8 Å². The van der Waals surface area contributed by atoms with Crippen molar-refractivity contribution >= 4 is 23.5 Å². The molecule has 1 aliphatic rings. The number of para-hydroxylation sites is 1. The molecule has 1 aromatic carbocycles. The van der Waals surface area contributed by atoms with Crippen LogP contribution in [0.25, 0.3) is 0 Å². The molecule has 0 aliphatic carbocycles. The van der Waals surface area contributed by atoms with Gasteiger partial charge in [-0.25, -0.2) is 4.79 Å². The molecule has 7 nitrogen and oxygen atoms in total. The molecule has 0 spiro atoms. The lowest BCUT2D eigenvalue weighted by molar-refractivity contribution is -0.128. The summed E-state index contributed by atoms with van der Waals surface area (Å²) in [5.74, 6) is 0.00717. The van der Waals surface area contributed by atoms with E-state index in [1.165, 1.54) is 4.90 Å². The van der Waals surface area contributed by atoms with Gasteiger partial charge < -0.3 is 20.4 Å². The van der Waals surface area contributed by atoms with Gasteiger partial charge in [0.05, 0.1) is 6.42 Å². The average Bonchev–Trinajstić information content (AvgIpc) is 2.99. The molecule has 0 unspecified atom stereocenters. The molecule has 1 fully saturated rings. The zero-order valence-electron chi connectivity index (χ0n) is 15.9. The number of benzene rings is 1. The Morgan fingerprint density at radius 2 is 1.96 bits per heavy atom. The molecule has 142 valence electrons. The summed E-state index contributed by atoms with van der Waals surface area (Å²) in [6, 6.07) is 7.06. The number of hydrogen-bond acceptors (Lipinski definition) is 3. The van der Waals surface area contributed by atoms with E-state index >= 15 is 0 Å². The molecule has 0 saturated carbocycles. The number of amides is 4. The summed E-state index contributed by atoms with van der Waals surface area (Å²) >= 11 is 0. The Kier molecular flexibility index (Phi) is 6.60. The van der Waals surface area contributed by atoms with E-state index in [1.54, 1.807) is 25.1 Å². The zero-order valence-corrected chi connectivity index (χ0v) is 15.9. The lowest BCUT2D eigenvalue weighted by Gasteiger charge is -2.30. The molecule has 0 bridgehead atoms. The van der Waals surface area contributed by atoms with Crippen LogP contribution in [0.15, 0.2) is 24.3 Å². The molecular formula is C19H28N4O3. The number of nitrogens with one attached hydrogen (secondary N) is 2. The van der Waals surface area contributed by atoms with Crippen LogP contribution < -0.4 is 10.6 Å². The van der Waals surface area contributed by atoms with Gasteiger partial charge in [0.15, 0.2) is 0 Å². The summed E-state index contributed by atoms with van der Waals surface area (Å²) in [4.78, 5) is 39.5. The Morgan fingerprint density at radius 1 is 1.27 bits per heavy atom. The van der Waals surface area contributed by atoms with E-state index in [2.05, 4.69) is 10.6 Å². The van der Waals surface area contributed by atoms with Gasteiger partial charge in [0.1, 0.15) is 0 Å². The molecule has 1 heterocycles. The number of rotatable bonds is 6. The third-order valence-corrected chi connectivity index (χ3v) is 4.49. The molecule has 2 N–H and O–H groups in total. The molecule has 4 amide bonds. The van der Waals surface area contributed by atoms with Crippen LogP contribution in [-0.4, -0.2) is 60.4 Å². The number of nitrogens with zero attached hydrogens (tertiary/aromatic N) is 2. The standard InChI is InChI=1S/C19H28N4O3/c1-13(2)23(12-15-9-10-17(24)20-15)19(26)21-16-8-6-5-7-14(16)11-18(25)22(3)4/h5-8,13,15H,9-12H2,1-4H3,(H,20,24)(H,21,26)/t15-/m0/s1. The van der Waals surface area contributed by atoms with Gasteiger partial charge in [-0.15, -0.1) is 0 Å². The Bertz CT molecular complexity index is 673. The number of carbonyl (C=O) groups is 3. The van der Waals surface area contributed by atoms with E-state index in [9.17, 15) is 14.4 Å². The van der Waals surface area contributed by atoms with Crippen molar-refractivity contribution in [1.82, 2.24) is 15.1 Å². The van der Waals surface area contributed by atoms with Gasteiger partial charge in [-0.05, 0) is 31.9 Å². The fourth-order valence-corrected chi connectivity index (χ4v) is 2.88. The highest BCUT2D eigenvalue weighted by Crippen LogP contribution is 2.18. The molecular weight excluding hydrogens is 332 g/mol. The maximum Gasteiger partial charge on any atom is 0.322 e. The van der Waals surface area contributed by atoms with Crippen LogP contribution in [0.1, 0.15) is 32.3 Å². The number of carbonyl (C=O) groups excluding carboxylic acids is 3. The first-order valence-corrected chi connectivity index (χ1v) is 8.93. The van der Waals surface area contributed by atoms with Crippen molar-refractivity contribution in [2.75, 3.05) is 26.0 Å². The first kappa shape index (κ1) is 19.8. The quantitative estimate of drug-likeness (QED) is 0.812. The van der Waals surface area contributed by atoms with Crippen molar-refractivity contribution in [2.24, 2.45) is 0 Å². The van der Waals surface area contributed by atoms with Gasteiger partial charge in [-0.3, -0.25) is 9.59 Å². The van der Waals surface area contributed by atoms with Gasteiger partial charge >= 0.3 is 6.03 Å². The average molecular weight is 360 g/mol. The van der Waals surface area contributed by atoms with Gasteiger partial charge in [0.25, 0.3) is 0 Å². The van der Waals surface area contributed by atoms with E-state index in [-0.39, 0.29) is 36.3 Å². The molecule has 0 aromatic heterocycles. The van der Waals surface area contributed by atoms with E-state index < -0.39 is 0 Å². The van der Waals surface area contributed by atoms with Crippen LogP contribution >= 0.6 is 0 Å². The molecule has 1 saturated heterocycles. The molecule has 26 heavy (non-hydrogen) atoms. The first-order chi connectivity index (χ1) is 12.3. The number of anilines is 1. The second-order valence-corrected chi connectivity index (χ2v) is 7.10. The predicted octanol–water partition coefficient (Wildman–Crippen LogP) is 1.84. The minimum atomic E-state index is -0.231. The van der Waals surface area contributed by atoms with Crippen LogP contribution in [0.2, 0.25) is 0 Å². The van der Waals surface area contributed by atoms with Crippen LogP contribution in [0.5, 0.6) is 0 Å². The van der Waals surface area contributed by atoms with Gasteiger partial charge in [-0.1, -0.05) is 18.2 Å². The third kappa shape index (κ3) is 5.21. The number of urea groups is 1. The summed E-state index contributed by atoms with van der Waals surface area (Å²) < 4.78 is 0. The third-order valence-electron chi connectivity index (χ3n) is 4.49. The van der Waals surface area contributed by atoms with Crippen LogP contribution in [0.3, 0.4) is 0 Å². The maximum absolute atomic E-state index is 12.8. The lowest BCUT2D eigenvalue weighted by atomic mass is 10.1. The maximum atomic E-state index is 12.8. The van der Waals surface area contributed by atoms with Crippen LogP contribution in [-0.2, 0) is 16.0 Å². The highest BCUT2D eigenvalue weighted by atomic mass is 16.2. The normalized spacial score (nSPS) is 16.3. The molecule has 2 rings (SSSR count). The topological polar surface area (TPSA) is 81.8 Å². The molecule has 7 heteroatoms. The van der Waals surface area contributed by atoms with E-state index in [0.29, 0.717) is 18.7 Å². The highest BCUT2D eigenvalue weighted by Gasteiger charge is 2.27. The van der Waals surface area contributed by atoms with E-state index in [1.807, 2.05) is 32.0 Å². The fraction of sp³-hybridized carbons (Fsp3) is 0.526. The van der Waals surface area contributed by atoms with Crippen molar-refractivity contribution in [2.45, 2.75) is 45.2 Å². The molecule has 0 radical (unpaired) electrons. The second kappa shape index (κ2) is 8.69. The lowest BCUT2D eigenvalue weighted by Crippen LogP contribution is -2.47. The van der Waals surface area contributed by atoms with E-state index in [0.717, 1.165) is 12.0 Å². The minimum Gasteiger partial charge on any atom is -0.352 e. The monoisotopic (exact) mass is 360 g/mol. The Hall–Kier alpha value is -2.57. The Balaban J connectivity index is 2.09. The molecule has 1 aliphatic heterocycles. The SMILES string of the molecule is CC(C)N(C[C@@H]1CCC(=O)N1)C(=O)Nc1ccccc1CC(=O)N(C)C. The van der Waals surface area contributed by atoms with Crippen molar-refractivity contribution in [3.63, 3.8) is 0 Å². The summed E-state index contributed by atoms with van der Waals surface area (Å²) in [5.41, 5.74) is 1.41. The van der Waals surface area contributed by atoms with Gasteiger partial charge in [0, 0.05) is 44.8 Å². The molecule has 1 atom stereocenters. The van der Waals surface area contributed by atoms with Crippen molar-refractivity contribution < 1.29 is 14.4 Å². The predicted molar refractivity (Wildman–Crippen MR) is 101 cm³/mol. The summed E-state index contributed by atoms with van der Waals surface area (Å²) in [6.45, 7) is 4.35. The second-order valence-electron chi connectivity index (χ2n) is 7.10. The minimum absolute atomic E-state index is 0.0110. The Morgan fingerprint density at radius 3 is 2.54 bits per heavy atom. The number of hydrogen-bond donors (Lipinski definition) is 2. The van der Waals surface area contributed by atoms with E-state index in [4.69, 9.17) is 0 Å². The first-order valence-electron chi connectivity index (χ1n) is 8.93. The summed E-state index contributed by atoms with van der Waals surface area (Å²) in [6.07, 6.45) is 1.47. The van der Waals surface area contributed by atoms with Crippen LogP contribution in [0.4, 0.5) is 10.5 Å². The molecule has 1 aromatic rings.